The normalized spacial score (nSPS) is 27.9. The highest BCUT2D eigenvalue weighted by molar-refractivity contribution is 5.69. The molecule has 0 aromatic rings. The molecule has 0 saturated carbocycles. The van der Waals surface area contributed by atoms with E-state index in [2.05, 4.69) is 4.90 Å². The van der Waals surface area contributed by atoms with Crippen molar-refractivity contribution >= 4 is 5.97 Å². The number of aliphatic carboxylic acids is 1. The predicted octanol–water partition coefficient (Wildman–Crippen LogP) is 0.648. The Morgan fingerprint density at radius 1 is 1.11 bits per heavy atom. The molecular weight excluding hydrogens is 232 g/mol. The molecule has 5 heteroatoms. The summed E-state index contributed by atoms with van der Waals surface area (Å²) < 4.78 is 5.84. The number of hydrogen-bond donors (Lipinski definition) is 1. The topological polar surface area (TPSA) is 53.0 Å². The van der Waals surface area contributed by atoms with Gasteiger partial charge in [-0.05, 0) is 32.4 Å². The minimum absolute atomic E-state index is 0.139. The first-order chi connectivity index (χ1) is 8.74. The molecule has 5 nitrogen and oxygen atoms in total. The van der Waals surface area contributed by atoms with Crippen LogP contribution >= 0.6 is 0 Å². The Balaban J connectivity index is 1.80. The van der Waals surface area contributed by atoms with Crippen LogP contribution in [0.3, 0.4) is 0 Å². The fourth-order valence-electron chi connectivity index (χ4n) is 2.85. The molecule has 1 atom stereocenters. The van der Waals surface area contributed by atoms with Gasteiger partial charge in [0, 0.05) is 26.2 Å². The van der Waals surface area contributed by atoms with Crippen molar-refractivity contribution in [3.63, 3.8) is 0 Å². The number of carboxylic acid groups (broad SMARTS) is 1. The van der Waals surface area contributed by atoms with E-state index in [1.165, 1.54) is 32.4 Å². The second-order valence-electron chi connectivity index (χ2n) is 5.34. The molecule has 0 unspecified atom stereocenters. The van der Waals surface area contributed by atoms with Gasteiger partial charge in [0.25, 0.3) is 0 Å². The van der Waals surface area contributed by atoms with Gasteiger partial charge < -0.3 is 14.7 Å². The van der Waals surface area contributed by atoms with Crippen molar-refractivity contribution in [2.75, 3.05) is 45.9 Å². The summed E-state index contributed by atoms with van der Waals surface area (Å²) in [5.41, 5.74) is 0. The Bertz CT molecular complexity index is 267. The Morgan fingerprint density at radius 3 is 2.56 bits per heavy atom. The minimum Gasteiger partial charge on any atom is -0.480 e. The highest BCUT2D eigenvalue weighted by Gasteiger charge is 2.23. The van der Waals surface area contributed by atoms with E-state index >= 15 is 0 Å². The molecule has 1 N–H and O–H groups in total. The average Bonchev–Trinajstić information content (AvgIpc) is 2.55. The highest BCUT2D eigenvalue weighted by atomic mass is 16.5. The summed E-state index contributed by atoms with van der Waals surface area (Å²) in [6, 6.07) is 0. The number of nitrogens with zero attached hydrogens (tertiary/aromatic N) is 2. The second kappa shape index (κ2) is 7.07. The largest absolute Gasteiger partial charge is 0.480 e. The molecular formula is C13H24N2O3. The Labute approximate surface area is 109 Å². The summed E-state index contributed by atoms with van der Waals surface area (Å²) in [4.78, 5) is 15.2. The molecule has 0 aromatic heterocycles. The van der Waals surface area contributed by atoms with Gasteiger partial charge in [0.05, 0.1) is 12.6 Å². The summed E-state index contributed by atoms with van der Waals surface area (Å²) in [5, 5.41) is 8.87. The first kappa shape index (κ1) is 13.8. The summed E-state index contributed by atoms with van der Waals surface area (Å²) in [6.07, 6.45) is 5.01. The van der Waals surface area contributed by atoms with E-state index in [1.54, 1.807) is 0 Å². The number of rotatable bonds is 4. The molecule has 2 heterocycles. The van der Waals surface area contributed by atoms with Crippen molar-refractivity contribution in [2.24, 2.45) is 0 Å². The van der Waals surface area contributed by atoms with Crippen molar-refractivity contribution in [3.05, 3.63) is 0 Å². The van der Waals surface area contributed by atoms with Crippen LogP contribution in [0.2, 0.25) is 0 Å². The van der Waals surface area contributed by atoms with Gasteiger partial charge in [-0.2, -0.15) is 0 Å². The van der Waals surface area contributed by atoms with Gasteiger partial charge in [-0.3, -0.25) is 9.69 Å². The first-order valence-corrected chi connectivity index (χ1v) is 7.02. The third kappa shape index (κ3) is 4.55. The summed E-state index contributed by atoms with van der Waals surface area (Å²) in [6.45, 7) is 5.77. The van der Waals surface area contributed by atoms with Crippen LogP contribution in [-0.4, -0.2) is 72.9 Å². The van der Waals surface area contributed by atoms with E-state index in [0.717, 1.165) is 32.7 Å². The van der Waals surface area contributed by atoms with Gasteiger partial charge in [0.15, 0.2) is 0 Å². The zero-order valence-electron chi connectivity index (χ0n) is 11.0. The van der Waals surface area contributed by atoms with Crippen molar-refractivity contribution < 1.29 is 14.6 Å². The molecule has 2 rings (SSSR count). The molecule has 0 aromatic carbocycles. The van der Waals surface area contributed by atoms with E-state index < -0.39 is 5.97 Å². The van der Waals surface area contributed by atoms with Crippen LogP contribution < -0.4 is 0 Å². The summed E-state index contributed by atoms with van der Waals surface area (Å²) >= 11 is 0. The number of piperidine rings is 1. The van der Waals surface area contributed by atoms with Crippen molar-refractivity contribution in [1.82, 2.24) is 9.80 Å². The number of carboxylic acids is 1. The van der Waals surface area contributed by atoms with Gasteiger partial charge in [-0.1, -0.05) is 6.42 Å². The van der Waals surface area contributed by atoms with Gasteiger partial charge in [-0.15, -0.1) is 0 Å². The van der Waals surface area contributed by atoms with Crippen molar-refractivity contribution in [2.45, 2.75) is 31.8 Å². The molecule has 2 fully saturated rings. The van der Waals surface area contributed by atoms with Gasteiger partial charge in [-0.25, -0.2) is 0 Å². The quantitative estimate of drug-likeness (QED) is 0.800. The molecule has 0 bridgehead atoms. The smallest absolute Gasteiger partial charge is 0.317 e. The molecule has 0 amide bonds. The average molecular weight is 256 g/mol. The lowest BCUT2D eigenvalue weighted by molar-refractivity contribution is -0.138. The zero-order valence-corrected chi connectivity index (χ0v) is 11.0. The standard InChI is InChI=1S/C13H24N2O3/c16-13(17)11-15-7-4-8-18-12(10-15)9-14-5-2-1-3-6-14/h12H,1-11H2,(H,16,17)/t12-/m1/s1. The lowest BCUT2D eigenvalue weighted by Crippen LogP contribution is -2.43. The predicted molar refractivity (Wildman–Crippen MR) is 68.7 cm³/mol. The fourth-order valence-corrected chi connectivity index (χ4v) is 2.85. The fraction of sp³-hybridized carbons (Fsp3) is 0.923. The number of ether oxygens (including phenoxy) is 1. The van der Waals surface area contributed by atoms with Crippen LogP contribution in [0.4, 0.5) is 0 Å². The summed E-state index contributed by atoms with van der Waals surface area (Å²) in [7, 11) is 0. The van der Waals surface area contributed by atoms with Crippen LogP contribution in [0.1, 0.15) is 25.7 Å². The molecule has 18 heavy (non-hydrogen) atoms. The maximum Gasteiger partial charge on any atom is 0.317 e. The van der Waals surface area contributed by atoms with E-state index in [0.29, 0.717) is 0 Å². The molecule has 2 saturated heterocycles. The lowest BCUT2D eigenvalue weighted by Gasteiger charge is -2.31. The number of likely N-dealkylation sites (tertiary alicyclic amines) is 1. The maximum atomic E-state index is 10.8. The second-order valence-corrected chi connectivity index (χ2v) is 5.34. The SMILES string of the molecule is O=C(O)CN1CCCO[C@H](CN2CCCCC2)C1. The Hall–Kier alpha value is -0.650. The van der Waals surface area contributed by atoms with Gasteiger partial charge in [0.2, 0.25) is 0 Å². The monoisotopic (exact) mass is 256 g/mol. The van der Waals surface area contributed by atoms with E-state index in [9.17, 15) is 4.79 Å². The zero-order chi connectivity index (χ0) is 12.8. The van der Waals surface area contributed by atoms with Crippen LogP contribution in [0.5, 0.6) is 0 Å². The number of hydrogen-bond acceptors (Lipinski definition) is 4. The molecule has 0 spiro atoms. The van der Waals surface area contributed by atoms with E-state index in [1.807, 2.05) is 4.90 Å². The van der Waals surface area contributed by atoms with E-state index in [4.69, 9.17) is 9.84 Å². The van der Waals surface area contributed by atoms with Crippen molar-refractivity contribution in [3.8, 4) is 0 Å². The van der Waals surface area contributed by atoms with Gasteiger partial charge >= 0.3 is 5.97 Å². The molecule has 2 aliphatic rings. The van der Waals surface area contributed by atoms with Crippen molar-refractivity contribution in [1.29, 1.82) is 0 Å². The Morgan fingerprint density at radius 2 is 1.83 bits per heavy atom. The van der Waals surface area contributed by atoms with Crippen LogP contribution in [-0.2, 0) is 9.53 Å². The van der Waals surface area contributed by atoms with Crippen LogP contribution in [0, 0.1) is 0 Å². The molecule has 2 aliphatic heterocycles. The first-order valence-electron chi connectivity index (χ1n) is 7.02. The van der Waals surface area contributed by atoms with Crippen LogP contribution in [0.25, 0.3) is 0 Å². The van der Waals surface area contributed by atoms with Gasteiger partial charge in [0.1, 0.15) is 0 Å². The highest BCUT2D eigenvalue weighted by Crippen LogP contribution is 2.12. The van der Waals surface area contributed by atoms with Crippen LogP contribution in [0.15, 0.2) is 0 Å². The summed E-state index contributed by atoms with van der Waals surface area (Å²) in [5.74, 6) is -0.742. The maximum absolute atomic E-state index is 10.8. The minimum atomic E-state index is -0.742. The molecule has 0 radical (unpaired) electrons. The molecule has 104 valence electrons. The Kier molecular flexibility index (Phi) is 5.41. The lowest BCUT2D eigenvalue weighted by atomic mass is 10.1. The number of carbonyl (C=O) groups is 1. The third-order valence-corrected chi connectivity index (χ3v) is 3.70. The third-order valence-electron chi connectivity index (χ3n) is 3.70. The van der Waals surface area contributed by atoms with E-state index in [-0.39, 0.29) is 12.6 Å². The molecule has 0 aliphatic carbocycles.